The molecule has 0 amide bonds. The first kappa shape index (κ1) is 13.7. The van der Waals surface area contributed by atoms with E-state index in [0.717, 1.165) is 10.9 Å². The largest absolute Gasteiger partial charge is 0.335 e. The minimum Gasteiger partial charge on any atom is -0.335 e. The van der Waals surface area contributed by atoms with Crippen LogP contribution in [0.1, 0.15) is 11.5 Å². The number of sulfone groups is 1. The zero-order valence-corrected chi connectivity index (χ0v) is 12.6. The second-order valence-corrected chi connectivity index (χ2v) is 6.88. The van der Waals surface area contributed by atoms with Crippen molar-refractivity contribution in [3.63, 3.8) is 0 Å². The van der Waals surface area contributed by atoms with E-state index >= 15 is 0 Å². The molecule has 0 spiro atoms. The molecule has 0 unspecified atom stereocenters. The maximum absolute atomic E-state index is 11.5. The van der Waals surface area contributed by atoms with Gasteiger partial charge >= 0.3 is 0 Å². The fraction of sp³-hybridized carbons (Fsp3) is 0.214. The monoisotopic (exact) mass is 303 g/mol. The highest BCUT2D eigenvalue weighted by Gasteiger charge is 2.16. The molecule has 0 atom stereocenters. The van der Waals surface area contributed by atoms with Crippen LogP contribution in [0.4, 0.5) is 0 Å². The van der Waals surface area contributed by atoms with Gasteiger partial charge in [0.05, 0.1) is 21.7 Å². The molecule has 0 fully saturated rings. The summed E-state index contributed by atoms with van der Waals surface area (Å²) in [4.78, 5) is 8.91. The van der Waals surface area contributed by atoms with Crippen molar-refractivity contribution >= 4 is 20.9 Å². The van der Waals surface area contributed by atoms with Crippen molar-refractivity contribution < 1.29 is 12.9 Å². The molecule has 0 aliphatic rings. The van der Waals surface area contributed by atoms with Gasteiger partial charge in [-0.2, -0.15) is 4.98 Å². The smallest absolute Gasteiger partial charge is 0.261 e. The minimum absolute atomic E-state index is 0.273. The Bertz CT molecular complexity index is 928. The highest BCUT2D eigenvalue weighted by atomic mass is 32.2. The SMILES string of the molecule is Cc1nc(-c2ccc(S(C)(=O)=O)cc2)c2c(C)noc2n1. The molecule has 0 aliphatic heterocycles. The van der Waals surface area contributed by atoms with Gasteiger partial charge < -0.3 is 4.52 Å². The number of fused-ring (bicyclic) bond motifs is 1. The molecule has 2 heterocycles. The van der Waals surface area contributed by atoms with Crippen molar-refractivity contribution in [3.8, 4) is 11.3 Å². The van der Waals surface area contributed by atoms with Crippen LogP contribution in [-0.4, -0.2) is 29.8 Å². The second kappa shape index (κ2) is 4.63. The molecule has 3 rings (SSSR count). The summed E-state index contributed by atoms with van der Waals surface area (Å²) < 4.78 is 28.2. The van der Waals surface area contributed by atoms with E-state index in [1.54, 1.807) is 31.2 Å². The van der Waals surface area contributed by atoms with E-state index in [1.165, 1.54) is 6.26 Å². The minimum atomic E-state index is -3.21. The van der Waals surface area contributed by atoms with E-state index in [4.69, 9.17) is 4.52 Å². The van der Waals surface area contributed by atoms with Gasteiger partial charge in [-0.25, -0.2) is 13.4 Å². The molecule has 0 saturated heterocycles. The fourth-order valence-corrected chi connectivity index (χ4v) is 2.80. The molecular weight excluding hydrogens is 290 g/mol. The summed E-state index contributed by atoms with van der Waals surface area (Å²) in [5.41, 5.74) is 2.62. The number of aryl methyl sites for hydroxylation is 2. The Morgan fingerprint density at radius 1 is 1.05 bits per heavy atom. The Morgan fingerprint density at radius 2 is 1.71 bits per heavy atom. The Labute approximate surface area is 121 Å². The van der Waals surface area contributed by atoms with Gasteiger partial charge in [0.1, 0.15) is 5.82 Å². The lowest BCUT2D eigenvalue weighted by Gasteiger charge is -2.05. The van der Waals surface area contributed by atoms with E-state index in [9.17, 15) is 8.42 Å². The predicted molar refractivity (Wildman–Crippen MR) is 77.6 cm³/mol. The summed E-state index contributed by atoms with van der Waals surface area (Å²) in [5, 5.41) is 4.65. The number of aromatic nitrogens is 3. The van der Waals surface area contributed by atoms with Crippen LogP contribution in [-0.2, 0) is 9.84 Å². The third-order valence-electron chi connectivity index (χ3n) is 3.17. The lowest BCUT2D eigenvalue weighted by molar-refractivity contribution is 0.442. The van der Waals surface area contributed by atoms with Crippen LogP contribution >= 0.6 is 0 Å². The first-order chi connectivity index (χ1) is 9.86. The molecule has 6 nitrogen and oxygen atoms in total. The van der Waals surface area contributed by atoms with E-state index < -0.39 is 9.84 Å². The highest BCUT2D eigenvalue weighted by molar-refractivity contribution is 7.90. The summed E-state index contributed by atoms with van der Waals surface area (Å²) >= 11 is 0. The van der Waals surface area contributed by atoms with E-state index in [0.29, 0.717) is 22.9 Å². The highest BCUT2D eigenvalue weighted by Crippen LogP contribution is 2.29. The molecule has 7 heteroatoms. The third kappa shape index (κ3) is 2.40. The molecule has 0 aliphatic carbocycles. The number of hydrogen-bond acceptors (Lipinski definition) is 6. The Morgan fingerprint density at radius 3 is 2.33 bits per heavy atom. The first-order valence-corrected chi connectivity index (χ1v) is 8.16. The van der Waals surface area contributed by atoms with Crippen LogP contribution in [0.15, 0.2) is 33.7 Å². The molecule has 21 heavy (non-hydrogen) atoms. The van der Waals surface area contributed by atoms with Gasteiger partial charge in [-0.1, -0.05) is 17.3 Å². The van der Waals surface area contributed by atoms with Crippen LogP contribution in [0.25, 0.3) is 22.4 Å². The summed E-state index contributed by atoms with van der Waals surface area (Å²) in [6.07, 6.45) is 1.18. The average molecular weight is 303 g/mol. The predicted octanol–water partition coefficient (Wildman–Crippen LogP) is 2.31. The summed E-state index contributed by atoms with van der Waals surface area (Å²) in [5.74, 6) is 0.570. The van der Waals surface area contributed by atoms with Gasteiger partial charge in [-0.15, -0.1) is 0 Å². The normalized spacial score (nSPS) is 12.0. The Kier molecular flexibility index (Phi) is 3.02. The zero-order chi connectivity index (χ0) is 15.2. The molecule has 0 radical (unpaired) electrons. The Balaban J connectivity index is 2.23. The maximum atomic E-state index is 11.5. The van der Waals surface area contributed by atoms with Crippen molar-refractivity contribution in [3.05, 3.63) is 35.8 Å². The van der Waals surface area contributed by atoms with Crippen LogP contribution < -0.4 is 0 Å². The van der Waals surface area contributed by atoms with Gasteiger partial charge in [-0.05, 0) is 26.0 Å². The first-order valence-electron chi connectivity index (χ1n) is 6.27. The van der Waals surface area contributed by atoms with Crippen molar-refractivity contribution in [1.82, 2.24) is 15.1 Å². The lowest BCUT2D eigenvalue weighted by Crippen LogP contribution is -1.97. The molecule has 2 aromatic heterocycles. The zero-order valence-electron chi connectivity index (χ0n) is 11.8. The van der Waals surface area contributed by atoms with Gasteiger partial charge in [0, 0.05) is 11.8 Å². The maximum Gasteiger partial charge on any atom is 0.261 e. The number of rotatable bonds is 2. The van der Waals surface area contributed by atoms with E-state index in [-0.39, 0.29) is 4.90 Å². The fourth-order valence-electron chi connectivity index (χ4n) is 2.17. The molecule has 108 valence electrons. The summed E-state index contributed by atoms with van der Waals surface area (Å²) in [6.45, 7) is 3.59. The third-order valence-corrected chi connectivity index (χ3v) is 4.30. The van der Waals surface area contributed by atoms with Crippen LogP contribution in [0.5, 0.6) is 0 Å². The van der Waals surface area contributed by atoms with Crippen LogP contribution in [0.2, 0.25) is 0 Å². The van der Waals surface area contributed by atoms with E-state index in [2.05, 4.69) is 15.1 Å². The van der Waals surface area contributed by atoms with Crippen molar-refractivity contribution in [1.29, 1.82) is 0 Å². The van der Waals surface area contributed by atoms with Crippen LogP contribution in [0.3, 0.4) is 0 Å². The molecule has 0 saturated carbocycles. The average Bonchev–Trinajstić information content (AvgIpc) is 2.78. The lowest BCUT2D eigenvalue weighted by atomic mass is 10.1. The van der Waals surface area contributed by atoms with Crippen molar-refractivity contribution in [2.24, 2.45) is 0 Å². The molecule has 1 aromatic carbocycles. The standard InChI is InChI=1S/C14H13N3O3S/c1-8-12-13(15-9(2)16-14(12)20-17-8)10-4-6-11(7-5-10)21(3,18)19/h4-7H,1-3H3. The molecular formula is C14H13N3O3S. The number of hydrogen-bond donors (Lipinski definition) is 0. The van der Waals surface area contributed by atoms with Gasteiger partial charge in [0.2, 0.25) is 0 Å². The Hall–Kier alpha value is -2.28. The van der Waals surface area contributed by atoms with Crippen molar-refractivity contribution in [2.75, 3.05) is 6.26 Å². The molecule has 3 aromatic rings. The van der Waals surface area contributed by atoms with Crippen LogP contribution in [0, 0.1) is 13.8 Å². The van der Waals surface area contributed by atoms with Gasteiger partial charge in [0.25, 0.3) is 5.71 Å². The number of nitrogens with zero attached hydrogens (tertiary/aromatic N) is 3. The number of benzene rings is 1. The van der Waals surface area contributed by atoms with Crippen molar-refractivity contribution in [2.45, 2.75) is 18.7 Å². The summed E-state index contributed by atoms with van der Waals surface area (Å²) in [7, 11) is -3.21. The summed E-state index contributed by atoms with van der Waals surface area (Å²) in [6, 6.07) is 6.58. The topological polar surface area (TPSA) is 86.0 Å². The molecule has 0 bridgehead atoms. The van der Waals surface area contributed by atoms with Gasteiger partial charge in [-0.3, -0.25) is 0 Å². The second-order valence-electron chi connectivity index (χ2n) is 4.86. The quantitative estimate of drug-likeness (QED) is 0.722. The van der Waals surface area contributed by atoms with E-state index in [1.807, 2.05) is 6.92 Å². The van der Waals surface area contributed by atoms with Gasteiger partial charge in [0.15, 0.2) is 9.84 Å². The molecule has 0 N–H and O–H groups in total.